The summed E-state index contributed by atoms with van der Waals surface area (Å²) >= 11 is 0. The molecule has 1 saturated heterocycles. The predicted molar refractivity (Wildman–Crippen MR) is 27.2 cm³/mol. The Morgan fingerprint density at radius 2 is 2.44 bits per heavy atom. The Bertz CT molecular complexity index is 154. The van der Waals surface area contributed by atoms with Gasteiger partial charge in [0, 0.05) is 12.8 Å². The van der Waals surface area contributed by atoms with Crippen LogP contribution in [0, 0.1) is 0 Å². The summed E-state index contributed by atoms with van der Waals surface area (Å²) in [6.45, 7) is 0. The lowest BCUT2D eigenvalue weighted by Gasteiger charge is -1.99. The van der Waals surface area contributed by atoms with E-state index in [-0.39, 0.29) is 12.4 Å². The minimum atomic E-state index is -0.805. The zero-order chi connectivity index (χ0) is 6.85. The molecule has 1 unspecified atom stereocenters. The van der Waals surface area contributed by atoms with Crippen molar-refractivity contribution in [3.63, 3.8) is 0 Å². The first-order chi connectivity index (χ1) is 4.20. The Morgan fingerprint density at radius 3 is 2.67 bits per heavy atom. The number of esters is 1. The molecule has 1 heterocycles. The van der Waals surface area contributed by atoms with E-state index >= 15 is 0 Å². The van der Waals surface area contributed by atoms with E-state index < -0.39 is 12.0 Å². The number of cyclic esters (lactones) is 1. The third kappa shape index (κ3) is 1.19. The predicted octanol–water partition coefficient (Wildman–Crippen LogP) is -0.499. The van der Waals surface area contributed by atoms with E-state index in [1.54, 1.807) is 0 Å². The van der Waals surface area contributed by atoms with Crippen molar-refractivity contribution in [1.82, 2.24) is 5.73 Å². The maximum atomic E-state index is 10.3. The van der Waals surface area contributed by atoms with Crippen LogP contribution in [0.2, 0.25) is 0 Å². The normalized spacial score (nSPS) is 25.8. The Balaban J connectivity index is 2.48. The molecule has 4 heteroatoms. The highest BCUT2D eigenvalue weighted by Crippen LogP contribution is 2.12. The molecule has 1 radical (unpaired) electrons. The van der Waals surface area contributed by atoms with Gasteiger partial charge in [-0.1, -0.05) is 0 Å². The topological polar surface area (TPSA) is 67.2 Å². The van der Waals surface area contributed by atoms with Gasteiger partial charge >= 0.3 is 5.97 Å². The second kappa shape index (κ2) is 2.05. The zero-order valence-corrected chi connectivity index (χ0v) is 4.72. The summed E-state index contributed by atoms with van der Waals surface area (Å²) in [6.07, 6.45) is -0.131. The molecule has 0 saturated carbocycles. The van der Waals surface area contributed by atoms with E-state index in [2.05, 4.69) is 4.74 Å². The molecule has 0 aromatic carbocycles. The lowest BCUT2D eigenvalue weighted by atomic mass is 10.2. The minimum Gasteiger partial charge on any atom is -0.452 e. The summed E-state index contributed by atoms with van der Waals surface area (Å²) in [5.41, 5.74) is 6.55. The molecule has 0 bridgehead atoms. The molecule has 1 aliphatic heterocycles. The highest BCUT2D eigenvalue weighted by molar-refractivity contribution is 5.84. The third-order valence-electron chi connectivity index (χ3n) is 1.18. The molecule has 1 rings (SSSR count). The molecule has 1 N–H and O–H groups in total. The van der Waals surface area contributed by atoms with Crippen LogP contribution in [0.25, 0.3) is 0 Å². The van der Waals surface area contributed by atoms with Crippen molar-refractivity contribution in [3.05, 3.63) is 0 Å². The van der Waals surface area contributed by atoms with Crippen LogP contribution < -0.4 is 5.73 Å². The van der Waals surface area contributed by atoms with Crippen LogP contribution in [0.1, 0.15) is 12.8 Å². The van der Waals surface area contributed by atoms with Crippen molar-refractivity contribution in [2.24, 2.45) is 0 Å². The molecular weight excluding hydrogens is 122 g/mol. The molecule has 1 amide bonds. The summed E-state index contributed by atoms with van der Waals surface area (Å²) in [7, 11) is 0. The second-order valence-electron chi connectivity index (χ2n) is 1.88. The summed E-state index contributed by atoms with van der Waals surface area (Å²) in [4.78, 5) is 20.5. The van der Waals surface area contributed by atoms with Gasteiger partial charge in [-0.15, -0.1) is 0 Å². The van der Waals surface area contributed by atoms with Crippen molar-refractivity contribution in [1.29, 1.82) is 0 Å². The van der Waals surface area contributed by atoms with Crippen LogP contribution in [-0.2, 0) is 14.3 Å². The fraction of sp³-hybridized carbons (Fsp3) is 0.600. The molecule has 0 aromatic rings. The fourth-order valence-electron chi connectivity index (χ4n) is 0.710. The first kappa shape index (κ1) is 6.07. The first-order valence-corrected chi connectivity index (χ1v) is 2.65. The van der Waals surface area contributed by atoms with Crippen LogP contribution in [-0.4, -0.2) is 18.0 Å². The maximum Gasteiger partial charge on any atom is 0.306 e. The summed E-state index contributed by atoms with van der Waals surface area (Å²) in [5.74, 6) is -1.18. The fourth-order valence-corrected chi connectivity index (χ4v) is 0.710. The lowest BCUT2D eigenvalue weighted by Crippen LogP contribution is -2.20. The molecule has 9 heavy (non-hydrogen) atoms. The van der Waals surface area contributed by atoms with Gasteiger partial charge in [0.05, 0.1) is 0 Å². The largest absolute Gasteiger partial charge is 0.452 e. The molecule has 1 aliphatic rings. The van der Waals surface area contributed by atoms with Gasteiger partial charge in [-0.25, -0.2) is 0 Å². The number of rotatable bonds is 1. The Kier molecular flexibility index (Phi) is 1.38. The van der Waals surface area contributed by atoms with Crippen LogP contribution >= 0.6 is 0 Å². The van der Waals surface area contributed by atoms with E-state index in [1.807, 2.05) is 0 Å². The van der Waals surface area contributed by atoms with E-state index in [0.717, 1.165) is 0 Å². The number of amides is 1. The smallest absolute Gasteiger partial charge is 0.306 e. The van der Waals surface area contributed by atoms with Gasteiger partial charge in [-0.2, -0.15) is 0 Å². The van der Waals surface area contributed by atoms with Crippen molar-refractivity contribution < 1.29 is 14.3 Å². The van der Waals surface area contributed by atoms with Crippen LogP contribution in [0.5, 0.6) is 0 Å². The molecule has 0 aromatic heterocycles. The minimum absolute atomic E-state index is 0.273. The number of nitrogens with one attached hydrogen (secondary N) is 1. The molecule has 0 aliphatic carbocycles. The van der Waals surface area contributed by atoms with Crippen LogP contribution in [0.3, 0.4) is 0 Å². The Hall–Kier alpha value is -1.06. The van der Waals surface area contributed by atoms with E-state index in [9.17, 15) is 9.59 Å². The second-order valence-corrected chi connectivity index (χ2v) is 1.88. The molecule has 49 valence electrons. The first-order valence-electron chi connectivity index (χ1n) is 2.65. The van der Waals surface area contributed by atoms with Gasteiger partial charge in [0.2, 0.25) is 0 Å². The average Bonchev–Trinajstić information content (AvgIpc) is 2.14. The van der Waals surface area contributed by atoms with Crippen molar-refractivity contribution in [2.45, 2.75) is 18.9 Å². The van der Waals surface area contributed by atoms with E-state index in [4.69, 9.17) is 5.73 Å². The number of carbonyl (C=O) groups is 2. The zero-order valence-electron chi connectivity index (χ0n) is 4.72. The van der Waals surface area contributed by atoms with Crippen molar-refractivity contribution in [2.75, 3.05) is 0 Å². The summed E-state index contributed by atoms with van der Waals surface area (Å²) < 4.78 is 4.45. The van der Waals surface area contributed by atoms with Crippen LogP contribution in [0.4, 0.5) is 0 Å². The van der Waals surface area contributed by atoms with Gasteiger partial charge in [-0.05, 0) is 0 Å². The molecular formula is C5H6NO3. The van der Waals surface area contributed by atoms with Gasteiger partial charge in [-0.3, -0.25) is 15.3 Å². The average molecular weight is 128 g/mol. The number of ether oxygens (including phenoxy) is 1. The summed E-state index contributed by atoms with van der Waals surface area (Å²) in [6, 6.07) is 0. The van der Waals surface area contributed by atoms with Crippen molar-refractivity contribution >= 4 is 11.9 Å². The highest BCUT2D eigenvalue weighted by atomic mass is 16.6. The molecule has 1 atom stereocenters. The molecule has 4 nitrogen and oxygen atoms in total. The van der Waals surface area contributed by atoms with Crippen LogP contribution in [0.15, 0.2) is 0 Å². The quantitative estimate of drug-likeness (QED) is 0.447. The number of hydrogen-bond acceptors (Lipinski definition) is 3. The van der Waals surface area contributed by atoms with Crippen molar-refractivity contribution in [3.8, 4) is 0 Å². The van der Waals surface area contributed by atoms with E-state index in [1.165, 1.54) is 0 Å². The standard InChI is InChI=1S/C5H6NO3/c6-5(8)3-1-2-4(7)9-3/h3,6H,1-2H2. The van der Waals surface area contributed by atoms with Gasteiger partial charge in [0.25, 0.3) is 5.91 Å². The Labute approximate surface area is 52.0 Å². The third-order valence-corrected chi connectivity index (χ3v) is 1.18. The lowest BCUT2D eigenvalue weighted by molar-refractivity contribution is -0.147. The SMILES string of the molecule is [NH]C(=O)C1CCC(=O)O1. The monoisotopic (exact) mass is 128 g/mol. The number of carbonyl (C=O) groups excluding carboxylic acids is 2. The van der Waals surface area contributed by atoms with Gasteiger partial charge < -0.3 is 4.74 Å². The van der Waals surface area contributed by atoms with Gasteiger partial charge in [0.15, 0.2) is 6.10 Å². The van der Waals surface area contributed by atoms with E-state index in [0.29, 0.717) is 6.42 Å². The number of hydrogen-bond donors (Lipinski definition) is 0. The summed E-state index contributed by atoms with van der Waals surface area (Å²) in [5, 5.41) is 0. The maximum absolute atomic E-state index is 10.3. The highest BCUT2D eigenvalue weighted by Gasteiger charge is 2.27. The molecule has 1 fully saturated rings. The molecule has 0 spiro atoms. The Morgan fingerprint density at radius 1 is 1.78 bits per heavy atom. The van der Waals surface area contributed by atoms with Gasteiger partial charge in [0.1, 0.15) is 0 Å².